The number of sulfonamides is 1. The molecular formula is C14H20N8O3S. The largest absolute Gasteiger partial charge is 0.379 e. The van der Waals surface area contributed by atoms with Crippen LogP contribution in [0, 0.1) is 0 Å². The summed E-state index contributed by atoms with van der Waals surface area (Å²) in [6.07, 6.45) is 2.09. The van der Waals surface area contributed by atoms with Gasteiger partial charge in [-0.3, -0.25) is 0 Å². The molecular weight excluding hydrogens is 360 g/mol. The van der Waals surface area contributed by atoms with Crippen molar-refractivity contribution in [2.24, 2.45) is 0 Å². The minimum absolute atomic E-state index is 0.0811. The van der Waals surface area contributed by atoms with Crippen LogP contribution in [0.15, 0.2) is 21.9 Å². The number of nitrogens with two attached hydrogens (primary N) is 1. The minimum atomic E-state index is -3.81. The molecule has 0 saturated heterocycles. The van der Waals surface area contributed by atoms with E-state index < -0.39 is 10.0 Å². The first-order valence-electron chi connectivity index (χ1n) is 8.07. The van der Waals surface area contributed by atoms with E-state index in [-0.39, 0.29) is 22.1 Å². The van der Waals surface area contributed by atoms with Gasteiger partial charge in [0, 0.05) is 19.3 Å². The van der Waals surface area contributed by atoms with E-state index in [0.29, 0.717) is 37.4 Å². The molecule has 0 aliphatic rings. The van der Waals surface area contributed by atoms with Crippen LogP contribution in [0.3, 0.4) is 0 Å². The van der Waals surface area contributed by atoms with Crippen molar-refractivity contribution in [1.82, 2.24) is 34.9 Å². The Morgan fingerprint density at radius 3 is 2.77 bits per heavy atom. The van der Waals surface area contributed by atoms with Crippen molar-refractivity contribution in [2.45, 2.75) is 24.9 Å². The average Bonchev–Trinajstić information content (AvgIpc) is 3.20. The lowest BCUT2D eigenvalue weighted by Gasteiger charge is -2.07. The quantitative estimate of drug-likeness (QED) is 0.457. The molecule has 0 spiro atoms. The Bertz CT molecular complexity index is 1010. The first-order chi connectivity index (χ1) is 12.5. The van der Waals surface area contributed by atoms with Gasteiger partial charge in [0.15, 0.2) is 22.4 Å². The van der Waals surface area contributed by atoms with Crippen LogP contribution in [0.2, 0.25) is 0 Å². The van der Waals surface area contributed by atoms with Crippen LogP contribution >= 0.6 is 0 Å². The average molecular weight is 380 g/mol. The van der Waals surface area contributed by atoms with E-state index in [9.17, 15) is 8.42 Å². The fraction of sp³-hybridized carbons (Fsp3) is 0.429. The van der Waals surface area contributed by atoms with Crippen LogP contribution in [-0.2, 0) is 16.6 Å². The van der Waals surface area contributed by atoms with Gasteiger partial charge in [-0.15, -0.1) is 0 Å². The monoisotopic (exact) mass is 380 g/mol. The number of fused-ring (bicyclic) bond motifs is 1. The van der Waals surface area contributed by atoms with E-state index in [1.54, 1.807) is 17.7 Å². The maximum absolute atomic E-state index is 12.7. The molecule has 0 fully saturated rings. The Balaban J connectivity index is 2.08. The zero-order valence-electron chi connectivity index (χ0n) is 14.4. The Morgan fingerprint density at radius 2 is 2.12 bits per heavy atom. The molecule has 0 aliphatic heterocycles. The van der Waals surface area contributed by atoms with Crippen molar-refractivity contribution in [3.63, 3.8) is 0 Å². The van der Waals surface area contributed by atoms with Gasteiger partial charge in [0.05, 0.1) is 5.52 Å². The van der Waals surface area contributed by atoms with E-state index in [2.05, 4.69) is 34.9 Å². The molecule has 26 heavy (non-hydrogen) atoms. The third-order valence-electron chi connectivity index (χ3n) is 3.83. The fourth-order valence-electron chi connectivity index (χ4n) is 2.62. The first-order valence-corrected chi connectivity index (χ1v) is 9.55. The van der Waals surface area contributed by atoms with Crippen LogP contribution in [-0.4, -0.2) is 53.4 Å². The number of pyridine rings is 1. The Hall–Kier alpha value is -2.57. The molecule has 3 rings (SSSR count). The summed E-state index contributed by atoms with van der Waals surface area (Å²) in [7, 11) is -2.01. The van der Waals surface area contributed by atoms with Crippen LogP contribution in [0.4, 0.5) is 5.82 Å². The van der Waals surface area contributed by atoms with Gasteiger partial charge in [0.25, 0.3) is 10.0 Å². The van der Waals surface area contributed by atoms with E-state index in [1.807, 2.05) is 6.92 Å². The number of hydrogen-bond donors (Lipinski definition) is 3. The van der Waals surface area contributed by atoms with Crippen molar-refractivity contribution < 1.29 is 13.0 Å². The number of nitrogen functional groups attached to an aromatic ring is 1. The third kappa shape index (κ3) is 3.25. The lowest BCUT2D eigenvalue weighted by molar-refractivity contribution is 0.310. The van der Waals surface area contributed by atoms with Crippen LogP contribution < -0.4 is 15.8 Å². The highest BCUT2D eigenvalue weighted by Crippen LogP contribution is 2.28. The molecule has 0 radical (unpaired) electrons. The van der Waals surface area contributed by atoms with Crippen molar-refractivity contribution in [2.75, 3.05) is 25.9 Å². The number of imidazole rings is 1. The highest BCUT2D eigenvalue weighted by Gasteiger charge is 2.25. The molecule has 0 saturated carbocycles. The zero-order valence-corrected chi connectivity index (χ0v) is 15.2. The second-order valence-electron chi connectivity index (χ2n) is 5.52. The molecule has 0 amide bonds. The molecule has 3 heterocycles. The molecule has 11 nitrogen and oxygen atoms in total. The van der Waals surface area contributed by atoms with Crippen molar-refractivity contribution in [3.8, 4) is 11.5 Å². The third-order valence-corrected chi connectivity index (χ3v) is 5.22. The number of aromatic nitrogens is 5. The van der Waals surface area contributed by atoms with E-state index in [1.165, 1.54) is 6.20 Å². The van der Waals surface area contributed by atoms with Gasteiger partial charge in [-0.25, -0.2) is 27.7 Å². The zero-order chi connectivity index (χ0) is 18.7. The van der Waals surface area contributed by atoms with Crippen LogP contribution in [0.1, 0.15) is 13.3 Å². The molecule has 140 valence electrons. The van der Waals surface area contributed by atoms with Gasteiger partial charge >= 0.3 is 0 Å². The summed E-state index contributed by atoms with van der Waals surface area (Å²) in [6.45, 7) is 3.42. The Morgan fingerprint density at radius 1 is 1.31 bits per heavy atom. The molecule has 4 N–H and O–H groups in total. The molecule has 12 heteroatoms. The lowest BCUT2D eigenvalue weighted by Crippen LogP contribution is -2.27. The van der Waals surface area contributed by atoms with Gasteiger partial charge in [0.1, 0.15) is 5.52 Å². The molecule has 0 bridgehead atoms. The standard InChI is InChI=1S/C14H20N8O3S/c1-3-22-9-5-8-17-14(26(23,24)18-7-4-6-16-2)10(9)19-13(22)11-12(15)21-25-20-11/h5,8,16,18H,3-4,6-7H2,1-2H3,(H2,15,21). The van der Waals surface area contributed by atoms with Crippen molar-refractivity contribution >= 4 is 26.9 Å². The Kier molecular flexibility index (Phi) is 5.15. The SMILES string of the molecule is CCn1c(-c2nonc2N)nc2c(S(=O)(=O)NCCCNC)nccc21. The molecule has 0 aliphatic carbocycles. The normalized spacial score (nSPS) is 12.1. The maximum atomic E-state index is 12.7. The van der Waals surface area contributed by atoms with Gasteiger partial charge in [-0.1, -0.05) is 0 Å². The minimum Gasteiger partial charge on any atom is -0.379 e. The number of rotatable bonds is 8. The number of anilines is 1. The van der Waals surface area contributed by atoms with Crippen LogP contribution in [0.25, 0.3) is 22.6 Å². The molecule has 0 atom stereocenters. The second kappa shape index (κ2) is 7.35. The molecule has 0 aromatic carbocycles. The van der Waals surface area contributed by atoms with E-state index >= 15 is 0 Å². The van der Waals surface area contributed by atoms with Gasteiger partial charge in [0.2, 0.25) is 0 Å². The second-order valence-corrected chi connectivity index (χ2v) is 7.20. The highest BCUT2D eigenvalue weighted by atomic mass is 32.2. The molecule has 0 unspecified atom stereocenters. The van der Waals surface area contributed by atoms with Gasteiger partial charge in [-0.05, 0) is 43.3 Å². The number of aryl methyl sites for hydroxylation is 1. The van der Waals surface area contributed by atoms with E-state index in [0.717, 1.165) is 0 Å². The first kappa shape index (κ1) is 18.2. The summed E-state index contributed by atoms with van der Waals surface area (Å²) in [6, 6.07) is 1.69. The maximum Gasteiger partial charge on any atom is 0.260 e. The summed E-state index contributed by atoms with van der Waals surface area (Å²) >= 11 is 0. The summed E-state index contributed by atoms with van der Waals surface area (Å²) in [5, 5.41) is 10.1. The predicted molar refractivity (Wildman–Crippen MR) is 94.6 cm³/mol. The number of nitrogens with zero attached hydrogens (tertiary/aromatic N) is 5. The summed E-state index contributed by atoms with van der Waals surface area (Å²) in [5.41, 5.74) is 6.87. The highest BCUT2D eigenvalue weighted by molar-refractivity contribution is 7.89. The predicted octanol–water partition coefficient (Wildman–Crippen LogP) is -0.0288. The fourth-order valence-corrected chi connectivity index (χ4v) is 3.77. The topological polar surface area (TPSA) is 154 Å². The number of nitrogens with one attached hydrogen (secondary N) is 2. The summed E-state index contributed by atoms with van der Waals surface area (Å²) in [5.74, 6) is 0.457. The lowest BCUT2D eigenvalue weighted by atomic mass is 10.4. The molecule has 3 aromatic heterocycles. The van der Waals surface area contributed by atoms with Crippen LogP contribution in [0.5, 0.6) is 0 Å². The molecule has 3 aromatic rings. The van der Waals surface area contributed by atoms with E-state index in [4.69, 9.17) is 5.73 Å². The summed E-state index contributed by atoms with van der Waals surface area (Å²) < 4.78 is 34.3. The Labute approximate surface area is 150 Å². The van der Waals surface area contributed by atoms with Gasteiger partial charge in [-0.2, -0.15) is 0 Å². The summed E-state index contributed by atoms with van der Waals surface area (Å²) in [4.78, 5) is 8.46. The number of hydrogen-bond acceptors (Lipinski definition) is 9. The van der Waals surface area contributed by atoms with Crippen molar-refractivity contribution in [3.05, 3.63) is 12.3 Å². The van der Waals surface area contributed by atoms with Crippen molar-refractivity contribution in [1.29, 1.82) is 0 Å². The van der Waals surface area contributed by atoms with Gasteiger partial charge < -0.3 is 15.6 Å². The smallest absolute Gasteiger partial charge is 0.260 e.